The van der Waals surface area contributed by atoms with Crippen molar-refractivity contribution in [1.82, 2.24) is 9.97 Å². The molecule has 0 radical (unpaired) electrons. The van der Waals surface area contributed by atoms with Gasteiger partial charge in [0.15, 0.2) is 5.82 Å². The molecular weight excluding hydrogens is 244 g/mol. The van der Waals surface area contributed by atoms with Crippen LogP contribution in [-0.4, -0.2) is 33.8 Å². The summed E-state index contributed by atoms with van der Waals surface area (Å²) < 4.78 is 5.46. The summed E-state index contributed by atoms with van der Waals surface area (Å²) in [6.45, 7) is 2.60. The lowest BCUT2D eigenvalue weighted by molar-refractivity contribution is 0.116. The second kappa shape index (κ2) is 6.56. The van der Waals surface area contributed by atoms with E-state index in [1.54, 1.807) is 0 Å². The molecule has 2 unspecified atom stereocenters. The predicted molar refractivity (Wildman–Crippen MR) is 74.1 cm³/mol. The highest BCUT2D eigenvalue weighted by atomic mass is 16.5. The third kappa shape index (κ3) is 3.47. The molecule has 1 saturated carbocycles. The van der Waals surface area contributed by atoms with Crippen LogP contribution in [0.5, 0.6) is 5.88 Å². The number of ether oxygens (including phenoxy) is 1. The average Bonchev–Trinajstić information content (AvgIpc) is 2.42. The lowest BCUT2D eigenvalue weighted by atomic mass is 9.92. The molecule has 106 valence electrons. The van der Waals surface area contributed by atoms with Gasteiger partial charge >= 0.3 is 0 Å². The van der Waals surface area contributed by atoms with E-state index in [2.05, 4.69) is 15.3 Å². The fraction of sp³-hybridized carbons (Fsp3) is 0.692. The number of rotatable bonds is 5. The van der Waals surface area contributed by atoms with Gasteiger partial charge in [-0.2, -0.15) is 4.98 Å². The molecule has 0 spiro atoms. The number of nitrogen functional groups attached to an aromatic ring is 1. The number of nitrogens with zero attached hydrogens (tertiary/aromatic N) is 2. The van der Waals surface area contributed by atoms with Gasteiger partial charge in [0.1, 0.15) is 12.0 Å². The Morgan fingerprint density at radius 2 is 2.21 bits per heavy atom. The Morgan fingerprint density at radius 1 is 1.42 bits per heavy atom. The second-order valence-electron chi connectivity index (χ2n) is 4.89. The number of hydrogen-bond donors (Lipinski definition) is 3. The Bertz CT molecular complexity index is 414. The van der Waals surface area contributed by atoms with E-state index in [-0.39, 0.29) is 12.1 Å². The van der Waals surface area contributed by atoms with Crippen molar-refractivity contribution in [2.24, 2.45) is 0 Å². The minimum atomic E-state index is -0.344. The minimum Gasteiger partial charge on any atom is -0.476 e. The number of aliphatic hydroxyl groups is 1. The van der Waals surface area contributed by atoms with Gasteiger partial charge in [-0.05, 0) is 19.3 Å². The van der Waals surface area contributed by atoms with Crippen molar-refractivity contribution in [3.8, 4) is 5.88 Å². The molecule has 0 aromatic carbocycles. The van der Waals surface area contributed by atoms with Gasteiger partial charge < -0.3 is 20.9 Å². The van der Waals surface area contributed by atoms with Crippen molar-refractivity contribution in [2.75, 3.05) is 17.7 Å². The van der Waals surface area contributed by atoms with Crippen molar-refractivity contribution in [2.45, 2.75) is 51.2 Å². The van der Waals surface area contributed by atoms with Gasteiger partial charge in [0.2, 0.25) is 5.88 Å². The summed E-state index contributed by atoms with van der Waals surface area (Å²) >= 11 is 0. The first kappa shape index (κ1) is 13.9. The summed E-state index contributed by atoms with van der Waals surface area (Å²) in [4.78, 5) is 8.16. The number of hydrogen-bond acceptors (Lipinski definition) is 6. The van der Waals surface area contributed by atoms with Crippen LogP contribution in [-0.2, 0) is 0 Å². The molecule has 1 fully saturated rings. The Labute approximate surface area is 113 Å². The van der Waals surface area contributed by atoms with Crippen LogP contribution in [0.1, 0.15) is 39.0 Å². The highest BCUT2D eigenvalue weighted by Crippen LogP contribution is 2.28. The molecule has 1 aliphatic rings. The van der Waals surface area contributed by atoms with Gasteiger partial charge in [-0.1, -0.05) is 19.8 Å². The smallest absolute Gasteiger partial charge is 0.242 e. The maximum Gasteiger partial charge on any atom is 0.242 e. The normalized spacial score (nSPS) is 23.1. The van der Waals surface area contributed by atoms with Gasteiger partial charge in [-0.15, -0.1) is 0 Å². The van der Waals surface area contributed by atoms with E-state index in [0.717, 1.165) is 32.1 Å². The zero-order valence-corrected chi connectivity index (χ0v) is 11.3. The summed E-state index contributed by atoms with van der Waals surface area (Å²) in [6, 6.07) is 0.00461. The molecule has 0 amide bonds. The quantitative estimate of drug-likeness (QED) is 0.749. The molecule has 19 heavy (non-hydrogen) atoms. The first-order valence-electron chi connectivity index (χ1n) is 6.90. The lowest BCUT2D eigenvalue weighted by Crippen LogP contribution is -2.36. The maximum absolute atomic E-state index is 9.95. The fourth-order valence-corrected chi connectivity index (χ4v) is 2.26. The van der Waals surface area contributed by atoms with Crippen LogP contribution in [0.4, 0.5) is 11.5 Å². The molecule has 1 aromatic rings. The zero-order chi connectivity index (χ0) is 13.7. The van der Waals surface area contributed by atoms with E-state index in [0.29, 0.717) is 24.0 Å². The van der Waals surface area contributed by atoms with Gasteiger partial charge in [-0.25, -0.2) is 4.98 Å². The van der Waals surface area contributed by atoms with Crippen LogP contribution < -0.4 is 15.8 Å². The number of aliphatic hydroxyl groups excluding tert-OH is 1. The molecule has 0 saturated heterocycles. The zero-order valence-electron chi connectivity index (χ0n) is 11.3. The number of nitrogens with one attached hydrogen (secondary N) is 1. The van der Waals surface area contributed by atoms with Crippen molar-refractivity contribution in [3.05, 3.63) is 6.33 Å². The Balaban J connectivity index is 2.07. The maximum atomic E-state index is 9.95. The average molecular weight is 266 g/mol. The molecule has 0 aliphatic heterocycles. The lowest BCUT2D eigenvalue weighted by Gasteiger charge is -2.29. The van der Waals surface area contributed by atoms with Crippen LogP contribution in [0, 0.1) is 0 Å². The van der Waals surface area contributed by atoms with Gasteiger partial charge in [0.25, 0.3) is 0 Å². The third-order valence-electron chi connectivity index (χ3n) is 3.34. The summed E-state index contributed by atoms with van der Waals surface area (Å²) in [7, 11) is 0. The third-order valence-corrected chi connectivity index (χ3v) is 3.34. The van der Waals surface area contributed by atoms with Crippen LogP contribution in [0.25, 0.3) is 0 Å². The van der Waals surface area contributed by atoms with Crippen LogP contribution in [0.2, 0.25) is 0 Å². The van der Waals surface area contributed by atoms with Crippen molar-refractivity contribution >= 4 is 11.5 Å². The summed E-state index contributed by atoms with van der Waals surface area (Å²) in [5.74, 6) is 0.955. The molecule has 0 bridgehead atoms. The van der Waals surface area contributed by atoms with E-state index in [9.17, 15) is 5.11 Å². The second-order valence-corrected chi connectivity index (χ2v) is 4.89. The van der Waals surface area contributed by atoms with Crippen molar-refractivity contribution < 1.29 is 9.84 Å². The summed E-state index contributed by atoms with van der Waals surface area (Å²) in [5.41, 5.74) is 6.40. The SMILES string of the molecule is CCCOc1ncnc(NC2CCCCC2O)c1N. The van der Waals surface area contributed by atoms with Crippen LogP contribution >= 0.6 is 0 Å². The molecule has 2 atom stereocenters. The molecule has 4 N–H and O–H groups in total. The summed E-state index contributed by atoms with van der Waals surface area (Å²) in [5, 5.41) is 13.2. The topological polar surface area (TPSA) is 93.3 Å². The molecule has 6 heteroatoms. The van der Waals surface area contributed by atoms with Crippen molar-refractivity contribution in [3.63, 3.8) is 0 Å². The fourth-order valence-electron chi connectivity index (χ4n) is 2.26. The van der Waals surface area contributed by atoms with E-state index < -0.39 is 0 Å². The minimum absolute atomic E-state index is 0.00461. The Kier molecular flexibility index (Phi) is 4.79. The van der Waals surface area contributed by atoms with Crippen molar-refractivity contribution in [1.29, 1.82) is 0 Å². The molecule has 1 aromatic heterocycles. The first-order valence-corrected chi connectivity index (χ1v) is 6.90. The largest absolute Gasteiger partial charge is 0.476 e. The number of anilines is 2. The van der Waals surface area contributed by atoms with Gasteiger partial charge in [0.05, 0.1) is 18.8 Å². The van der Waals surface area contributed by atoms with Gasteiger partial charge in [0, 0.05) is 0 Å². The highest BCUT2D eigenvalue weighted by Gasteiger charge is 2.24. The van der Waals surface area contributed by atoms with Crippen LogP contribution in [0.15, 0.2) is 6.33 Å². The van der Waals surface area contributed by atoms with Crippen LogP contribution in [0.3, 0.4) is 0 Å². The first-order chi connectivity index (χ1) is 9.22. The molecule has 1 heterocycles. The number of nitrogens with two attached hydrogens (primary N) is 1. The molecular formula is C13H22N4O2. The van der Waals surface area contributed by atoms with E-state index in [1.165, 1.54) is 6.33 Å². The highest BCUT2D eigenvalue weighted by molar-refractivity contribution is 5.66. The molecule has 1 aliphatic carbocycles. The number of aromatic nitrogens is 2. The van der Waals surface area contributed by atoms with E-state index in [4.69, 9.17) is 10.5 Å². The standard InChI is InChI=1S/C13H22N4O2/c1-2-7-19-13-11(14)12(15-8-16-13)17-9-5-3-4-6-10(9)18/h8-10,18H,2-7,14H2,1H3,(H,15,16,17). The van der Waals surface area contributed by atoms with E-state index in [1.807, 2.05) is 6.92 Å². The predicted octanol–water partition coefficient (Wildman–Crippen LogP) is 1.56. The molecule has 6 nitrogen and oxygen atoms in total. The van der Waals surface area contributed by atoms with Gasteiger partial charge in [-0.3, -0.25) is 0 Å². The van der Waals surface area contributed by atoms with E-state index >= 15 is 0 Å². The Hall–Kier alpha value is -1.56. The monoisotopic (exact) mass is 266 g/mol. The Morgan fingerprint density at radius 3 is 2.95 bits per heavy atom. The summed E-state index contributed by atoms with van der Waals surface area (Å²) in [6.07, 6.45) is 5.91. The molecule has 2 rings (SSSR count).